The Kier molecular flexibility index (Phi) is 6.82. The topological polar surface area (TPSA) is 71.8 Å². The van der Waals surface area contributed by atoms with Crippen LogP contribution < -0.4 is 15.0 Å². The van der Waals surface area contributed by atoms with Crippen LogP contribution >= 0.6 is 0 Å². The van der Waals surface area contributed by atoms with E-state index in [0.717, 1.165) is 36.8 Å². The van der Waals surface area contributed by atoms with E-state index in [1.54, 1.807) is 24.1 Å². The summed E-state index contributed by atoms with van der Waals surface area (Å²) in [6.45, 7) is 3.95. The summed E-state index contributed by atoms with van der Waals surface area (Å²) in [6, 6.07) is 15.7. The number of nitrogens with one attached hydrogen (secondary N) is 1. The lowest BCUT2D eigenvalue weighted by Crippen LogP contribution is -2.46. The van der Waals surface area contributed by atoms with Crippen molar-refractivity contribution >= 4 is 17.5 Å². The molecule has 0 bridgehead atoms. The maximum atomic E-state index is 13.8. The van der Waals surface area contributed by atoms with Gasteiger partial charge in [-0.15, -0.1) is 0 Å². The lowest BCUT2D eigenvalue weighted by atomic mass is 10.00. The summed E-state index contributed by atoms with van der Waals surface area (Å²) in [6.07, 6.45) is 5.58. The summed E-state index contributed by atoms with van der Waals surface area (Å²) >= 11 is 0. The first-order valence-electron chi connectivity index (χ1n) is 11.4. The number of carbonyl (C=O) groups excluding carboxylic acids is 2. The number of amides is 2. The van der Waals surface area contributed by atoms with E-state index < -0.39 is 6.04 Å². The van der Waals surface area contributed by atoms with E-state index in [2.05, 4.69) is 5.32 Å². The van der Waals surface area contributed by atoms with Gasteiger partial charge in [-0.3, -0.25) is 14.5 Å². The molecule has 3 aromatic rings. The molecule has 0 radical (unpaired) electrons. The van der Waals surface area contributed by atoms with Gasteiger partial charge in [0.25, 0.3) is 5.91 Å². The molecular formula is C27H30N2O4. The second kappa shape index (κ2) is 9.94. The third-order valence-electron chi connectivity index (χ3n) is 6.20. The first-order valence-corrected chi connectivity index (χ1v) is 11.4. The molecule has 0 unspecified atom stereocenters. The molecule has 6 heteroatoms. The largest absolute Gasteiger partial charge is 0.497 e. The van der Waals surface area contributed by atoms with Gasteiger partial charge >= 0.3 is 0 Å². The standard InChI is InChI=1S/C27H30N2O4/c1-18-10-15-23(19(2)17-18)29(27(31)24-9-6-16-33-24)25(20-11-13-22(32-3)14-12-20)26(30)28-21-7-4-5-8-21/h6,9-17,21,25H,4-5,7-8H2,1-3H3,(H,28,30)/t25-/m1/s1. The van der Waals surface area contributed by atoms with Crippen molar-refractivity contribution in [2.24, 2.45) is 0 Å². The SMILES string of the molecule is COc1ccc([C@H](C(=O)NC2CCCC2)N(C(=O)c2ccco2)c2ccc(C)cc2C)cc1. The number of carbonyl (C=O) groups is 2. The zero-order chi connectivity index (χ0) is 23.4. The van der Waals surface area contributed by atoms with Gasteiger partial charge in [0, 0.05) is 11.7 Å². The van der Waals surface area contributed by atoms with Crippen molar-refractivity contribution in [3.8, 4) is 5.75 Å². The molecule has 2 amide bonds. The number of ether oxygens (including phenoxy) is 1. The number of furan rings is 1. The van der Waals surface area contributed by atoms with Gasteiger partial charge in [0.05, 0.1) is 13.4 Å². The maximum Gasteiger partial charge on any atom is 0.294 e. The van der Waals surface area contributed by atoms with E-state index in [9.17, 15) is 9.59 Å². The van der Waals surface area contributed by atoms with Crippen molar-refractivity contribution < 1.29 is 18.7 Å². The molecule has 0 saturated heterocycles. The smallest absolute Gasteiger partial charge is 0.294 e. The van der Waals surface area contributed by atoms with E-state index in [1.165, 1.54) is 6.26 Å². The Hall–Kier alpha value is -3.54. The monoisotopic (exact) mass is 446 g/mol. The fourth-order valence-corrected chi connectivity index (χ4v) is 4.51. The summed E-state index contributed by atoms with van der Waals surface area (Å²) in [5, 5.41) is 3.19. The van der Waals surface area contributed by atoms with E-state index in [0.29, 0.717) is 17.0 Å². The summed E-state index contributed by atoms with van der Waals surface area (Å²) in [7, 11) is 1.60. The summed E-state index contributed by atoms with van der Waals surface area (Å²) < 4.78 is 10.8. The molecular weight excluding hydrogens is 416 g/mol. The molecule has 1 aromatic heterocycles. The van der Waals surface area contributed by atoms with Crippen LogP contribution in [0.3, 0.4) is 0 Å². The van der Waals surface area contributed by atoms with Gasteiger partial charge in [-0.2, -0.15) is 0 Å². The number of hydrogen-bond acceptors (Lipinski definition) is 4. The molecule has 1 heterocycles. The van der Waals surface area contributed by atoms with Crippen molar-refractivity contribution in [3.05, 3.63) is 83.3 Å². The van der Waals surface area contributed by atoms with Crippen LogP contribution in [0.1, 0.15) is 59.0 Å². The second-order valence-corrected chi connectivity index (χ2v) is 8.61. The quantitative estimate of drug-likeness (QED) is 0.531. The first kappa shape index (κ1) is 22.6. The van der Waals surface area contributed by atoms with Crippen molar-refractivity contribution in [2.45, 2.75) is 51.6 Å². The normalized spacial score (nSPS) is 14.6. The van der Waals surface area contributed by atoms with E-state index in [-0.39, 0.29) is 23.6 Å². The Balaban J connectivity index is 1.83. The third kappa shape index (κ3) is 4.95. The van der Waals surface area contributed by atoms with Crippen molar-refractivity contribution in [2.75, 3.05) is 12.0 Å². The average Bonchev–Trinajstić information content (AvgIpc) is 3.52. The lowest BCUT2D eigenvalue weighted by molar-refractivity contribution is -0.123. The van der Waals surface area contributed by atoms with Gasteiger partial charge < -0.3 is 14.5 Å². The molecule has 1 fully saturated rings. The minimum Gasteiger partial charge on any atom is -0.497 e. The van der Waals surface area contributed by atoms with Gasteiger partial charge in [0.1, 0.15) is 11.8 Å². The van der Waals surface area contributed by atoms with Crippen LogP contribution in [-0.4, -0.2) is 25.0 Å². The van der Waals surface area contributed by atoms with Gasteiger partial charge in [0.2, 0.25) is 5.91 Å². The Morgan fingerprint density at radius 3 is 2.39 bits per heavy atom. The molecule has 1 atom stereocenters. The molecule has 4 rings (SSSR count). The van der Waals surface area contributed by atoms with Gasteiger partial charge in [-0.25, -0.2) is 0 Å². The van der Waals surface area contributed by atoms with Gasteiger partial charge in [-0.1, -0.05) is 42.7 Å². The van der Waals surface area contributed by atoms with E-state index >= 15 is 0 Å². The summed E-state index contributed by atoms with van der Waals surface area (Å²) in [5.41, 5.74) is 3.36. The van der Waals surface area contributed by atoms with Crippen LogP contribution in [0.5, 0.6) is 5.75 Å². The molecule has 1 N–H and O–H groups in total. The molecule has 1 aliphatic rings. The van der Waals surface area contributed by atoms with E-state index in [4.69, 9.17) is 9.15 Å². The number of hydrogen-bond donors (Lipinski definition) is 1. The molecule has 1 aliphatic carbocycles. The van der Waals surface area contributed by atoms with Crippen LogP contribution in [0, 0.1) is 13.8 Å². The Labute approximate surface area is 194 Å². The highest BCUT2D eigenvalue weighted by molar-refractivity contribution is 6.09. The summed E-state index contributed by atoms with van der Waals surface area (Å²) in [4.78, 5) is 29.1. The molecule has 1 saturated carbocycles. The highest BCUT2D eigenvalue weighted by Gasteiger charge is 2.36. The average molecular weight is 447 g/mol. The third-order valence-corrected chi connectivity index (χ3v) is 6.20. The number of aryl methyl sites for hydroxylation is 2. The molecule has 2 aromatic carbocycles. The van der Waals surface area contributed by atoms with E-state index in [1.807, 2.05) is 56.3 Å². The predicted octanol–water partition coefficient (Wildman–Crippen LogP) is 5.35. The summed E-state index contributed by atoms with van der Waals surface area (Å²) in [5.74, 6) is 0.299. The van der Waals surface area contributed by atoms with Gasteiger partial charge in [0.15, 0.2) is 5.76 Å². The van der Waals surface area contributed by atoms with Crippen LogP contribution in [0.4, 0.5) is 5.69 Å². The Morgan fingerprint density at radius 2 is 1.79 bits per heavy atom. The van der Waals surface area contributed by atoms with Crippen LogP contribution in [0.2, 0.25) is 0 Å². The zero-order valence-corrected chi connectivity index (χ0v) is 19.3. The molecule has 6 nitrogen and oxygen atoms in total. The molecule has 0 aliphatic heterocycles. The minimum absolute atomic E-state index is 0.123. The molecule has 0 spiro atoms. The van der Waals surface area contributed by atoms with Crippen LogP contribution in [0.15, 0.2) is 65.3 Å². The molecule has 33 heavy (non-hydrogen) atoms. The minimum atomic E-state index is -0.865. The zero-order valence-electron chi connectivity index (χ0n) is 19.3. The highest BCUT2D eigenvalue weighted by Crippen LogP contribution is 2.34. The number of anilines is 1. The fraction of sp³-hybridized carbons (Fsp3) is 0.333. The number of methoxy groups -OCH3 is 1. The van der Waals surface area contributed by atoms with Crippen molar-refractivity contribution in [3.63, 3.8) is 0 Å². The maximum absolute atomic E-state index is 13.8. The van der Waals surface area contributed by atoms with Crippen LogP contribution in [-0.2, 0) is 4.79 Å². The Bertz CT molecular complexity index is 1100. The number of nitrogens with zero attached hydrogens (tertiary/aromatic N) is 1. The first-order chi connectivity index (χ1) is 16.0. The van der Waals surface area contributed by atoms with Gasteiger partial charge in [-0.05, 0) is 68.1 Å². The number of benzene rings is 2. The predicted molar refractivity (Wildman–Crippen MR) is 128 cm³/mol. The molecule has 172 valence electrons. The second-order valence-electron chi connectivity index (χ2n) is 8.61. The fourth-order valence-electron chi connectivity index (χ4n) is 4.51. The Morgan fingerprint density at radius 1 is 1.06 bits per heavy atom. The number of rotatable bonds is 7. The van der Waals surface area contributed by atoms with Crippen molar-refractivity contribution in [1.82, 2.24) is 5.32 Å². The van der Waals surface area contributed by atoms with Crippen LogP contribution in [0.25, 0.3) is 0 Å². The highest BCUT2D eigenvalue weighted by atomic mass is 16.5. The van der Waals surface area contributed by atoms with Crippen molar-refractivity contribution in [1.29, 1.82) is 0 Å². The lowest BCUT2D eigenvalue weighted by Gasteiger charge is -2.33.